The Bertz CT molecular complexity index is 518. The lowest BCUT2D eigenvalue weighted by atomic mass is 9.97. The highest BCUT2D eigenvalue weighted by Gasteiger charge is 2.24. The van der Waals surface area contributed by atoms with E-state index in [1.165, 1.54) is 0 Å². The van der Waals surface area contributed by atoms with E-state index in [4.69, 9.17) is 9.84 Å². The molecule has 0 aliphatic carbocycles. The van der Waals surface area contributed by atoms with Crippen LogP contribution >= 0.6 is 0 Å². The molecule has 1 aromatic rings. The number of rotatable bonds is 8. The quantitative estimate of drug-likeness (QED) is 0.746. The van der Waals surface area contributed by atoms with E-state index >= 15 is 0 Å². The van der Waals surface area contributed by atoms with Crippen molar-refractivity contribution in [2.45, 2.75) is 32.6 Å². The van der Waals surface area contributed by atoms with Crippen LogP contribution in [0, 0.1) is 5.92 Å². The van der Waals surface area contributed by atoms with Gasteiger partial charge in [-0.15, -0.1) is 0 Å². The Morgan fingerprint density at radius 3 is 2.43 bits per heavy atom. The van der Waals surface area contributed by atoms with Crippen LogP contribution in [0.5, 0.6) is 5.75 Å². The van der Waals surface area contributed by atoms with Crippen LogP contribution in [-0.4, -0.2) is 48.0 Å². The summed E-state index contributed by atoms with van der Waals surface area (Å²) in [6.45, 7) is 4.94. The fraction of sp³-hybridized carbons (Fsp3) is 0.556. The molecule has 23 heavy (non-hydrogen) atoms. The maximum absolute atomic E-state index is 12.2. The van der Waals surface area contributed by atoms with Gasteiger partial charge < -0.3 is 14.7 Å². The lowest BCUT2D eigenvalue weighted by Crippen LogP contribution is -2.37. The third-order valence-corrected chi connectivity index (χ3v) is 4.24. The molecule has 1 saturated heterocycles. The zero-order valence-corrected chi connectivity index (χ0v) is 13.7. The number of Topliss-reactive ketones (excluding diaryl/α,β-unsaturated/α-hetero) is 1. The highest BCUT2D eigenvalue weighted by molar-refractivity contribution is 5.96. The van der Waals surface area contributed by atoms with E-state index in [9.17, 15) is 9.59 Å². The van der Waals surface area contributed by atoms with Crippen molar-refractivity contribution in [3.05, 3.63) is 29.8 Å². The molecule has 126 valence electrons. The van der Waals surface area contributed by atoms with E-state index in [0.717, 1.165) is 25.3 Å². The molecule has 0 amide bonds. The maximum Gasteiger partial charge on any atom is 0.306 e. The molecule has 1 heterocycles. The van der Waals surface area contributed by atoms with Gasteiger partial charge in [0.2, 0.25) is 0 Å². The highest BCUT2D eigenvalue weighted by Crippen LogP contribution is 2.18. The van der Waals surface area contributed by atoms with Crippen LogP contribution in [0.4, 0.5) is 0 Å². The molecule has 0 saturated carbocycles. The van der Waals surface area contributed by atoms with Crippen molar-refractivity contribution in [2.24, 2.45) is 5.92 Å². The minimum atomic E-state index is -0.703. The monoisotopic (exact) mass is 319 g/mol. The van der Waals surface area contributed by atoms with Crippen LogP contribution in [-0.2, 0) is 4.79 Å². The minimum absolute atomic E-state index is 0.118. The predicted molar refractivity (Wildman–Crippen MR) is 88.0 cm³/mol. The molecule has 1 aliphatic heterocycles. The number of carboxylic acid groups (broad SMARTS) is 1. The summed E-state index contributed by atoms with van der Waals surface area (Å²) in [6, 6.07) is 7.29. The number of nitrogens with zero attached hydrogens (tertiary/aromatic N) is 1. The van der Waals surface area contributed by atoms with Gasteiger partial charge in [-0.1, -0.05) is 6.92 Å². The molecule has 0 bridgehead atoms. The van der Waals surface area contributed by atoms with Crippen LogP contribution in [0.1, 0.15) is 43.0 Å². The molecular formula is C18H25NO4. The topological polar surface area (TPSA) is 66.8 Å². The van der Waals surface area contributed by atoms with E-state index in [1.807, 2.05) is 24.3 Å². The molecule has 5 heteroatoms. The molecule has 1 aliphatic rings. The van der Waals surface area contributed by atoms with Crippen molar-refractivity contribution < 1.29 is 19.4 Å². The first-order valence-electron chi connectivity index (χ1n) is 8.31. The van der Waals surface area contributed by atoms with E-state index < -0.39 is 5.97 Å². The number of ether oxygens (including phenoxy) is 1. The number of likely N-dealkylation sites (tertiary alicyclic amines) is 1. The third-order valence-electron chi connectivity index (χ3n) is 4.24. The van der Waals surface area contributed by atoms with Crippen LogP contribution in [0.25, 0.3) is 0 Å². The summed E-state index contributed by atoms with van der Waals surface area (Å²) in [5.74, 6) is -0.0183. The van der Waals surface area contributed by atoms with Gasteiger partial charge in [-0.05, 0) is 56.6 Å². The molecule has 0 atom stereocenters. The largest absolute Gasteiger partial charge is 0.494 e. The Hall–Kier alpha value is -1.88. The van der Waals surface area contributed by atoms with Gasteiger partial charge >= 0.3 is 5.97 Å². The van der Waals surface area contributed by atoms with Crippen molar-refractivity contribution in [2.75, 3.05) is 26.2 Å². The van der Waals surface area contributed by atoms with Crippen molar-refractivity contribution in [1.82, 2.24) is 4.90 Å². The zero-order chi connectivity index (χ0) is 16.7. The van der Waals surface area contributed by atoms with E-state index in [0.29, 0.717) is 38.0 Å². The SMILES string of the molecule is CCCOc1ccc(C(=O)CCN2CCC(C(=O)O)CC2)cc1. The second-order valence-electron chi connectivity index (χ2n) is 6.00. The molecule has 0 spiro atoms. The fourth-order valence-electron chi connectivity index (χ4n) is 2.76. The highest BCUT2D eigenvalue weighted by atomic mass is 16.5. The maximum atomic E-state index is 12.2. The predicted octanol–water partition coefficient (Wildman–Crippen LogP) is 2.84. The van der Waals surface area contributed by atoms with Gasteiger partial charge in [0.25, 0.3) is 0 Å². The molecule has 5 nitrogen and oxygen atoms in total. The number of hydrogen-bond donors (Lipinski definition) is 1. The summed E-state index contributed by atoms with van der Waals surface area (Å²) in [7, 11) is 0. The number of carbonyl (C=O) groups is 2. The summed E-state index contributed by atoms with van der Waals surface area (Å²) in [4.78, 5) is 25.3. The first-order chi connectivity index (χ1) is 11.1. The number of hydrogen-bond acceptors (Lipinski definition) is 4. The molecule has 1 aromatic carbocycles. The molecule has 1 fully saturated rings. The van der Waals surface area contributed by atoms with Crippen LogP contribution < -0.4 is 4.74 Å². The number of benzene rings is 1. The molecule has 0 radical (unpaired) electrons. The lowest BCUT2D eigenvalue weighted by molar-refractivity contribution is -0.143. The van der Waals surface area contributed by atoms with Gasteiger partial charge in [-0.25, -0.2) is 0 Å². The molecule has 1 N–H and O–H groups in total. The zero-order valence-electron chi connectivity index (χ0n) is 13.7. The summed E-state index contributed by atoms with van der Waals surface area (Å²) < 4.78 is 5.51. The van der Waals surface area contributed by atoms with Gasteiger partial charge in [-0.2, -0.15) is 0 Å². The Balaban J connectivity index is 1.75. The average Bonchev–Trinajstić information content (AvgIpc) is 2.58. The van der Waals surface area contributed by atoms with Crippen molar-refractivity contribution >= 4 is 11.8 Å². The van der Waals surface area contributed by atoms with E-state index in [1.54, 1.807) is 0 Å². The number of piperidine rings is 1. The van der Waals surface area contributed by atoms with Gasteiger partial charge in [-0.3, -0.25) is 9.59 Å². The Kier molecular flexibility index (Phi) is 6.59. The molecule has 0 unspecified atom stereocenters. The molecule has 0 aromatic heterocycles. The van der Waals surface area contributed by atoms with Crippen molar-refractivity contribution in [3.63, 3.8) is 0 Å². The van der Waals surface area contributed by atoms with Crippen LogP contribution in [0.2, 0.25) is 0 Å². The summed E-state index contributed by atoms with van der Waals surface area (Å²) in [5, 5.41) is 8.98. The van der Waals surface area contributed by atoms with Crippen LogP contribution in [0.15, 0.2) is 24.3 Å². The normalized spacial score (nSPS) is 16.2. The number of ketones is 1. The number of carbonyl (C=O) groups excluding carboxylic acids is 1. The molecule has 2 rings (SSSR count). The lowest BCUT2D eigenvalue weighted by Gasteiger charge is -2.29. The Morgan fingerprint density at radius 2 is 1.87 bits per heavy atom. The van der Waals surface area contributed by atoms with E-state index in [2.05, 4.69) is 11.8 Å². The van der Waals surface area contributed by atoms with Gasteiger partial charge in [0.05, 0.1) is 12.5 Å². The van der Waals surface area contributed by atoms with Crippen molar-refractivity contribution in [1.29, 1.82) is 0 Å². The molecular weight excluding hydrogens is 294 g/mol. The first-order valence-corrected chi connectivity index (χ1v) is 8.31. The second kappa shape index (κ2) is 8.67. The summed E-state index contributed by atoms with van der Waals surface area (Å²) in [5.41, 5.74) is 0.703. The first kappa shape index (κ1) is 17.5. The summed E-state index contributed by atoms with van der Waals surface area (Å²) >= 11 is 0. The Morgan fingerprint density at radius 1 is 1.22 bits per heavy atom. The number of carboxylic acids is 1. The van der Waals surface area contributed by atoms with Crippen molar-refractivity contribution in [3.8, 4) is 5.75 Å². The van der Waals surface area contributed by atoms with Gasteiger partial charge in [0.1, 0.15) is 5.75 Å². The van der Waals surface area contributed by atoms with Gasteiger partial charge in [0, 0.05) is 18.5 Å². The van der Waals surface area contributed by atoms with Gasteiger partial charge in [0.15, 0.2) is 5.78 Å². The standard InChI is InChI=1S/C18H25NO4/c1-2-13-23-16-5-3-14(4-6-16)17(20)9-12-19-10-7-15(8-11-19)18(21)22/h3-6,15H,2,7-13H2,1H3,(H,21,22). The van der Waals surface area contributed by atoms with E-state index in [-0.39, 0.29) is 11.7 Å². The number of aliphatic carboxylic acids is 1. The average molecular weight is 319 g/mol. The third kappa shape index (κ3) is 5.36. The minimum Gasteiger partial charge on any atom is -0.494 e. The smallest absolute Gasteiger partial charge is 0.306 e. The Labute approximate surface area is 137 Å². The van der Waals surface area contributed by atoms with Crippen LogP contribution in [0.3, 0.4) is 0 Å². The second-order valence-corrected chi connectivity index (χ2v) is 6.00. The summed E-state index contributed by atoms with van der Waals surface area (Å²) in [6.07, 6.45) is 2.77. The fourth-order valence-corrected chi connectivity index (χ4v) is 2.76.